The first kappa shape index (κ1) is 21.4. The molecule has 4 heterocycles. The van der Waals surface area contributed by atoms with Crippen LogP contribution in [-0.4, -0.2) is 48.1 Å². The first-order chi connectivity index (χ1) is 15.9. The van der Waals surface area contributed by atoms with Gasteiger partial charge in [-0.1, -0.05) is 19.1 Å². The van der Waals surface area contributed by atoms with E-state index in [2.05, 4.69) is 32.1 Å². The van der Waals surface area contributed by atoms with E-state index in [9.17, 15) is 9.90 Å². The molecule has 0 spiro atoms. The minimum Gasteiger partial charge on any atom is -0.507 e. The summed E-state index contributed by atoms with van der Waals surface area (Å²) in [6.07, 6.45) is 4.09. The number of fused-ring (bicyclic) bond motifs is 2. The number of phenols is 1. The quantitative estimate of drug-likeness (QED) is 0.632. The molecule has 3 aromatic rings. The van der Waals surface area contributed by atoms with Gasteiger partial charge < -0.3 is 10.4 Å². The second kappa shape index (κ2) is 8.47. The molecule has 2 aliphatic rings. The molecule has 4 atom stereocenters. The van der Waals surface area contributed by atoms with Crippen LogP contribution in [0, 0.1) is 5.92 Å². The highest BCUT2D eigenvalue weighted by Gasteiger charge is 2.41. The number of aromatic nitrogens is 5. The lowest BCUT2D eigenvalue weighted by Crippen LogP contribution is -2.55. The molecule has 2 fully saturated rings. The summed E-state index contributed by atoms with van der Waals surface area (Å²) in [7, 11) is 1.56. The fourth-order valence-corrected chi connectivity index (χ4v) is 4.79. The van der Waals surface area contributed by atoms with Gasteiger partial charge in [0.2, 0.25) is 0 Å². The van der Waals surface area contributed by atoms with Crippen LogP contribution in [-0.2, 0) is 7.05 Å². The normalized spacial score (nSPS) is 24.4. The lowest BCUT2D eigenvalue weighted by molar-refractivity contribution is 0.0982. The Hall–Kier alpha value is -3.46. The molecule has 0 saturated carbocycles. The number of phenolic OH excluding ortho intramolecular Hbond substituents is 1. The van der Waals surface area contributed by atoms with Crippen molar-refractivity contribution in [2.24, 2.45) is 13.0 Å². The fraction of sp³-hybridized carbons (Fsp3) is 0.375. The Morgan fingerprint density at radius 1 is 1.24 bits per heavy atom. The topological polar surface area (TPSA) is 106 Å². The molecular formula is C24H25FN6O2. The van der Waals surface area contributed by atoms with Crippen LogP contribution < -0.4 is 11.0 Å². The predicted octanol–water partition coefficient (Wildman–Crippen LogP) is 2.89. The van der Waals surface area contributed by atoms with Crippen molar-refractivity contribution in [1.82, 2.24) is 30.0 Å². The van der Waals surface area contributed by atoms with Gasteiger partial charge in [0.15, 0.2) is 5.82 Å². The first-order valence-corrected chi connectivity index (χ1v) is 11.1. The van der Waals surface area contributed by atoms with Crippen molar-refractivity contribution in [1.29, 1.82) is 0 Å². The third-order valence-corrected chi connectivity index (χ3v) is 6.65. The minimum atomic E-state index is -0.982. The van der Waals surface area contributed by atoms with Crippen LogP contribution in [0.15, 0.2) is 48.0 Å². The van der Waals surface area contributed by atoms with Crippen LogP contribution in [0.4, 0.5) is 4.39 Å². The lowest BCUT2D eigenvalue weighted by atomic mass is 9.75. The molecule has 9 heteroatoms. The maximum absolute atomic E-state index is 15.0. The van der Waals surface area contributed by atoms with Gasteiger partial charge in [-0.3, -0.25) is 4.57 Å². The molecule has 2 saturated heterocycles. The zero-order chi connectivity index (χ0) is 23.1. The van der Waals surface area contributed by atoms with Crippen LogP contribution in [0.2, 0.25) is 0 Å². The van der Waals surface area contributed by atoms with Gasteiger partial charge in [-0.25, -0.2) is 14.2 Å². The summed E-state index contributed by atoms with van der Waals surface area (Å²) in [6, 6.07) is 8.60. The molecule has 2 aromatic heterocycles. The molecule has 0 radical (unpaired) electrons. The molecule has 33 heavy (non-hydrogen) atoms. The van der Waals surface area contributed by atoms with E-state index in [1.807, 2.05) is 0 Å². The van der Waals surface area contributed by atoms with Crippen LogP contribution in [0.25, 0.3) is 28.2 Å². The van der Waals surface area contributed by atoms with Gasteiger partial charge in [0.05, 0.1) is 11.4 Å². The Kier molecular flexibility index (Phi) is 5.49. The zero-order valence-electron chi connectivity index (χ0n) is 18.3. The number of aromatic hydroxyl groups is 1. The average Bonchev–Trinajstić information content (AvgIpc) is 2.83. The smallest absolute Gasteiger partial charge is 0.350 e. The Morgan fingerprint density at radius 2 is 2.09 bits per heavy atom. The molecule has 0 unspecified atom stereocenters. The summed E-state index contributed by atoms with van der Waals surface area (Å²) >= 11 is 0. The molecular weight excluding hydrogens is 423 g/mol. The first-order valence-electron chi connectivity index (χ1n) is 11.1. The van der Waals surface area contributed by atoms with Gasteiger partial charge in [0.1, 0.15) is 18.2 Å². The zero-order valence-corrected chi connectivity index (χ0v) is 18.3. The van der Waals surface area contributed by atoms with Gasteiger partial charge in [0.25, 0.3) is 0 Å². The van der Waals surface area contributed by atoms with E-state index in [0.29, 0.717) is 40.6 Å². The van der Waals surface area contributed by atoms with E-state index in [0.717, 1.165) is 19.3 Å². The Labute approximate surface area is 190 Å². The van der Waals surface area contributed by atoms with Gasteiger partial charge in [-0.05, 0) is 49.1 Å². The Bertz CT molecular complexity index is 1260. The highest BCUT2D eigenvalue weighted by atomic mass is 19.1. The van der Waals surface area contributed by atoms with Crippen molar-refractivity contribution >= 4 is 5.57 Å². The van der Waals surface area contributed by atoms with Crippen LogP contribution in [0.3, 0.4) is 0 Å². The summed E-state index contributed by atoms with van der Waals surface area (Å²) in [5.41, 5.74) is 2.26. The summed E-state index contributed by atoms with van der Waals surface area (Å²) in [5, 5.41) is 22.5. The van der Waals surface area contributed by atoms with Crippen LogP contribution >= 0.6 is 0 Å². The number of hydrogen-bond donors (Lipinski definition) is 2. The Morgan fingerprint density at radius 3 is 2.82 bits per heavy atom. The summed E-state index contributed by atoms with van der Waals surface area (Å²) < 4.78 is 16.3. The molecule has 8 nitrogen and oxygen atoms in total. The van der Waals surface area contributed by atoms with Gasteiger partial charge in [-0.2, -0.15) is 10.1 Å². The maximum atomic E-state index is 15.0. The maximum Gasteiger partial charge on any atom is 0.350 e. The highest BCUT2D eigenvalue weighted by Crippen LogP contribution is 2.39. The lowest BCUT2D eigenvalue weighted by Gasteiger charge is -2.43. The summed E-state index contributed by atoms with van der Waals surface area (Å²) in [5.74, 6) is -0.0779. The SMILES string of the molecule is C=C(c1ccc(-c2ccc(-c3ncn(C)c(=O)n3)cc2O)nn1)[C@@H]1C[C@H]2CCC[C@H](N2)[C@@H]1F. The number of alkyl halides is 1. The second-order valence-corrected chi connectivity index (χ2v) is 8.82. The number of nitrogens with one attached hydrogen (secondary N) is 1. The van der Waals surface area contributed by atoms with Gasteiger partial charge >= 0.3 is 5.69 Å². The van der Waals surface area contributed by atoms with Crippen molar-refractivity contribution in [2.45, 2.75) is 43.9 Å². The number of halogens is 1. The molecule has 0 amide bonds. The third-order valence-electron chi connectivity index (χ3n) is 6.65. The highest BCUT2D eigenvalue weighted by molar-refractivity contribution is 5.72. The largest absolute Gasteiger partial charge is 0.507 e. The number of rotatable bonds is 4. The van der Waals surface area contributed by atoms with E-state index in [4.69, 9.17) is 0 Å². The van der Waals surface area contributed by atoms with Crippen molar-refractivity contribution < 1.29 is 9.50 Å². The van der Waals surface area contributed by atoms with Gasteiger partial charge in [0, 0.05) is 36.2 Å². The summed E-state index contributed by atoms with van der Waals surface area (Å²) in [4.78, 5) is 19.8. The standard InChI is InChI=1S/C24H25FN6O2/c1-13(17-11-15-4-3-5-20(27-15)22(17)25)18-8-9-19(30-29-18)16-7-6-14(10-21(16)32)23-26-12-31(2)24(33)28-23/h6-10,12,15,17,20,22,27,32H,1,3-5,11H2,2H3/t15-,17+,20+,22-/m1/s1. The van der Waals surface area contributed by atoms with E-state index in [1.165, 1.54) is 17.0 Å². The molecule has 2 N–H and O–H groups in total. The monoisotopic (exact) mass is 448 g/mol. The van der Waals surface area contributed by atoms with Crippen molar-refractivity contribution in [2.75, 3.05) is 0 Å². The molecule has 0 aliphatic carbocycles. The average molecular weight is 449 g/mol. The second-order valence-electron chi connectivity index (χ2n) is 8.82. The van der Waals surface area contributed by atoms with E-state index in [1.54, 1.807) is 31.3 Å². The third kappa shape index (κ3) is 4.04. The Balaban J connectivity index is 1.36. The van der Waals surface area contributed by atoms with E-state index in [-0.39, 0.29) is 23.5 Å². The van der Waals surface area contributed by atoms with Crippen molar-refractivity contribution in [3.8, 4) is 28.4 Å². The van der Waals surface area contributed by atoms with Crippen LogP contribution in [0.5, 0.6) is 5.75 Å². The van der Waals surface area contributed by atoms with Crippen molar-refractivity contribution in [3.05, 3.63) is 59.4 Å². The number of nitrogens with zero attached hydrogens (tertiary/aromatic N) is 5. The molecule has 2 bridgehead atoms. The predicted molar refractivity (Wildman–Crippen MR) is 122 cm³/mol. The number of aryl methyl sites for hydroxylation is 1. The van der Waals surface area contributed by atoms with E-state index < -0.39 is 11.9 Å². The fourth-order valence-electron chi connectivity index (χ4n) is 4.79. The number of piperidine rings is 2. The molecule has 2 aliphatic heterocycles. The molecule has 5 rings (SSSR count). The number of hydrogen-bond acceptors (Lipinski definition) is 7. The van der Waals surface area contributed by atoms with E-state index >= 15 is 4.39 Å². The molecule has 170 valence electrons. The number of benzene rings is 1. The summed E-state index contributed by atoms with van der Waals surface area (Å²) in [6.45, 7) is 4.14. The van der Waals surface area contributed by atoms with Crippen molar-refractivity contribution in [3.63, 3.8) is 0 Å². The van der Waals surface area contributed by atoms with Gasteiger partial charge in [-0.15, -0.1) is 5.10 Å². The molecule has 1 aromatic carbocycles. The van der Waals surface area contributed by atoms with Crippen LogP contribution in [0.1, 0.15) is 31.4 Å². The number of allylic oxidation sites excluding steroid dienone is 1. The minimum absolute atomic E-state index is 0.0346.